The second kappa shape index (κ2) is 4.80. The average molecular weight is 259 g/mol. The molecule has 1 aromatic heterocycles. The number of ether oxygens (including phenoxy) is 1. The molecule has 0 saturated carbocycles. The van der Waals surface area contributed by atoms with Gasteiger partial charge < -0.3 is 14.4 Å². The van der Waals surface area contributed by atoms with Gasteiger partial charge in [-0.2, -0.15) is 0 Å². The third kappa shape index (κ3) is 2.21. The molecule has 1 N–H and O–H groups in total. The van der Waals surface area contributed by atoms with Crippen molar-refractivity contribution in [3.63, 3.8) is 0 Å². The summed E-state index contributed by atoms with van der Waals surface area (Å²) in [5.41, 5.74) is 3.98. The van der Waals surface area contributed by atoms with Crippen molar-refractivity contribution in [2.45, 2.75) is 13.8 Å². The van der Waals surface area contributed by atoms with Crippen molar-refractivity contribution in [3.8, 4) is 17.0 Å². The molecule has 0 aliphatic rings. The Kier molecular flexibility index (Phi) is 3.34. The fraction of sp³-hybridized carbons (Fsp3) is 0.267. The van der Waals surface area contributed by atoms with Crippen LogP contribution in [-0.4, -0.2) is 22.8 Å². The summed E-state index contributed by atoms with van der Waals surface area (Å²) in [5.74, 6) is -0.0716. The van der Waals surface area contributed by atoms with E-state index in [1.165, 1.54) is 0 Å². The van der Waals surface area contributed by atoms with Gasteiger partial charge in [0, 0.05) is 18.4 Å². The first-order valence-electron chi connectivity index (χ1n) is 6.00. The molecule has 1 heterocycles. The highest BCUT2D eigenvalue weighted by Gasteiger charge is 2.16. The first kappa shape index (κ1) is 13.2. The quantitative estimate of drug-likeness (QED) is 0.921. The molecule has 2 aromatic rings. The third-order valence-electron chi connectivity index (χ3n) is 3.46. The van der Waals surface area contributed by atoms with Crippen molar-refractivity contribution in [2.24, 2.45) is 7.05 Å². The molecule has 4 nitrogen and oxygen atoms in total. The number of benzene rings is 1. The maximum absolute atomic E-state index is 11.2. The van der Waals surface area contributed by atoms with Crippen LogP contribution in [0.2, 0.25) is 0 Å². The van der Waals surface area contributed by atoms with Gasteiger partial charge in [0.25, 0.3) is 0 Å². The zero-order chi connectivity index (χ0) is 14.2. The topological polar surface area (TPSA) is 51.5 Å². The van der Waals surface area contributed by atoms with E-state index in [-0.39, 0.29) is 0 Å². The van der Waals surface area contributed by atoms with Gasteiger partial charge >= 0.3 is 5.97 Å². The van der Waals surface area contributed by atoms with Gasteiger partial charge in [-0.05, 0) is 49.2 Å². The fourth-order valence-corrected chi connectivity index (χ4v) is 2.23. The van der Waals surface area contributed by atoms with Crippen LogP contribution in [0.4, 0.5) is 0 Å². The molecule has 0 unspecified atom stereocenters. The Bertz CT molecular complexity index is 641. The molecular formula is C15H17NO3. The number of carboxylic acid groups (broad SMARTS) is 1. The lowest BCUT2D eigenvalue weighted by Crippen LogP contribution is -1.99. The summed E-state index contributed by atoms with van der Waals surface area (Å²) < 4.78 is 7.13. The number of nitrogens with zero attached hydrogens (tertiary/aromatic N) is 1. The first-order chi connectivity index (χ1) is 8.95. The molecule has 0 bridgehead atoms. The summed E-state index contributed by atoms with van der Waals surface area (Å²) in [6.07, 6.45) is 0. The molecule has 0 amide bonds. The van der Waals surface area contributed by atoms with Crippen molar-refractivity contribution >= 4 is 5.97 Å². The normalized spacial score (nSPS) is 10.5. The van der Waals surface area contributed by atoms with Crippen molar-refractivity contribution < 1.29 is 14.6 Å². The first-order valence-corrected chi connectivity index (χ1v) is 6.00. The van der Waals surface area contributed by atoms with Gasteiger partial charge in [0.15, 0.2) is 0 Å². The summed E-state index contributed by atoms with van der Waals surface area (Å²) in [4.78, 5) is 11.2. The van der Waals surface area contributed by atoms with Crippen molar-refractivity contribution in [3.05, 3.63) is 41.1 Å². The zero-order valence-corrected chi connectivity index (χ0v) is 11.5. The van der Waals surface area contributed by atoms with Gasteiger partial charge in [-0.3, -0.25) is 0 Å². The number of aromatic nitrogens is 1. The highest BCUT2D eigenvalue weighted by Crippen LogP contribution is 2.28. The largest absolute Gasteiger partial charge is 0.496 e. The minimum Gasteiger partial charge on any atom is -0.496 e. The third-order valence-corrected chi connectivity index (χ3v) is 3.46. The van der Waals surface area contributed by atoms with E-state index in [2.05, 4.69) is 0 Å². The molecule has 1 aromatic carbocycles. The molecule has 0 spiro atoms. The summed E-state index contributed by atoms with van der Waals surface area (Å²) >= 11 is 0. The number of aryl methyl sites for hydroxylation is 1. The number of rotatable bonds is 3. The van der Waals surface area contributed by atoms with E-state index in [1.807, 2.05) is 43.7 Å². The van der Waals surface area contributed by atoms with E-state index >= 15 is 0 Å². The zero-order valence-electron chi connectivity index (χ0n) is 11.5. The van der Waals surface area contributed by atoms with Crippen LogP contribution in [0.5, 0.6) is 5.75 Å². The van der Waals surface area contributed by atoms with Crippen molar-refractivity contribution in [1.29, 1.82) is 0 Å². The second-order valence-electron chi connectivity index (χ2n) is 4.58. The molecule has 0 aliphatic heterocycles. The molecule has 2 rings (SSSR count). The molecule has 19 heavy (non-hydrogen) atoms. The lowest BCUT2D eigenvalue weighted by atomic mass is 10.1. The minimum atomic E-state index is -0.899. The SMILES string of the molecule is COc1ccc(-c2cc(C(=O)O)c(C)n2C)cc1C. The molecular weight excluding hydrogens is 242 g/mol. The minimum absolute atomic E-state index is 0.339. The Labute approximate surface area is 112 Å². The molecule has 4 heteroatoms. The van der Waals surface area contributed by atoms with Crippen LogP contribution in [-0.2, 0) is 7.05 Å². The van der Waals surface area contributed by atoms with Gasteiger partial charge in [-0.1, -0.05) is 0 Å². The fourth-order valence-electron chi connectivity index (χ4n) is 2.23. The van der Waals surface area contributed by atoms with E-state index in [1.54, 1.807) is 13.2 Å². The van der Waals surface area contributed by atoms with Gasteiger partial charge in [0.2, 0.25) is 0 Å². The van der Waals surface area contributed by atoms with Crippen LogP contribution in [0.15, 0.2) is 24.3 Å². The van der Waals surface area contributed by atoms with E-state index in [0.29, 0.717) is 5.56 Å². The Morgan fingerprint density at radius 3 is 2.42 bits per heavy atom. The molecule has 0 aliphatic carbocycles. The van der Waals surface area contributed by atoms with Gasteiger partial charge in [-0.15, -0.1) is 0 Å². The predicted octanol–water partition coefficient (Wildman–Crippen LogP) is 3.02. The molecule has 0 saturated heterocycles. The highest BCUT2D eigenvalue weighted by molar-refractivity contribution is 5.91. The van der Waals surface area contributed by atoms with E-state index < -0.39 is 5.97 Å². The van der Waals surface area contributed by atoms with E-state index in [4.69, 9.17) is 9.84 Å². The van der Waals surface area contributed by atoms with E-state index in [9.17, 15) is 4.79 Å². The van der Waals surface area contributed by atoms with Crippen LogP contribution in [0, 0.1) is 13.8 Å². The van der Waals surface area contributed by atoms with Gasteiger partial charge in [0.05, 0.1) is 12.7 Å². The second-order valence-corrected chi connectivity index (χ2v) is 4.58. The van der Waals surface area contributed by atoms with Crippen molar-refractivity contribution in [2.75, 3.05) is 7.11 Å². The lowest BCUT2D eigenvalue weighted by Gasteiger charge is -2.09. The number of methoxy groups -OCH3 is 1. The summed E-state index contributed by atoms with van der Waals surface area (Å²) in [6, 6.07) is 7.54. The average Bonchev–Trinajstić information content (AvgIpc) is 2.66. The molecule has 0 radical (unpaired) electrons. The van der Waals surface area contributed by atoms with Crippen LogP contribution in [0.1, 0.15) is 21.6 Å². The Morgan fingerprint density at radius 1 is 1.26 bits per heavy atom. The summed E-state index contributed by atoms with van der Waals surface area (Å²) in [7, 11) is 3.51. The van der Waals surface area contributed by atoms with Gasteiger partial charge in [0.1, 0.15) is 5.75 Å². The maximum Gasteiger partial charge on any atom is 0.337 e. The van der Waals surface area contributed by atoms with Crippen molar-refractivity contribution in [1.82, 2.24) is 4.57 Å². The van der Waals surface area contributed by atoms with Crippen LogP contribution >= 0.6 is 0 Å². The maximum atomic E-state index is 11.2. The molecule has 100 valence electrons. The van der Waals surface area contributed by atoms with Crippen LogP contribution < -0.4 is 4.74 Å². The van der Waals surface area contributed by atoms with Gasteiger partial charge in [-0.25, -0.2) is 4.79 Å². The summed E-state index contributed by atoms with van der Waals surface area (Å²) in [5, 5.41) is 9.15. The number of carboxylic acids is 1. The van der Waals surface area contributed by atoms with Crippen LogP contribution in [0.25, 0.3) is 11.3 Å². The Balaban J connectivity index is 2.56. The summed E-state index contributed by atoms with van der Waals surface area (Å²) in [6.45, 7) is 3.78. The smallest absolute Gasteiger partial charge is 0.337 e. The predicted molar refractivity (Wildman–Crippen MR) is 73.8 cm³/mol. The highest BCUT2D eigenvalue weighted by atomic mass is 16.5. The number of carbonyl (C=O) groups is 1. The number of hydrogen-bond donors (Lipinski definition) is 1. The lowest BCUT2D eigenvalue weighted by molar-refractivity contribution is 0.0696. The Morgan fingerprint density at radius 2 is 1.95 bits per heavy atom. The molecule has 0 fully saturated rings. The molecule has 0 atom stereocenters. The monoisotopic (exact) mass is 259 g/mol. The Hall–Kier alpha value is -2.23. The van der Waals surface area contributed by atoms with E-state index in [0.717, 1.165) is 28.3 Å². The van der Waals surface area contributed by atoms with Crippen LogP contribution in [0.3, 0.4) is 0 Å². The standard InChI is InChI=1S/C15H17NO3/c1-9-7-11(5-6-14(9)19-4)13-8-12(15(17)18)10(2)16(13)3/h5-8H,1-4H3,(H,17,18). The number of hydrogen-bond acceptors (Lipinski definition) is 2. The number of aromatic carboxylic acids is 1.